The van der Waals surface area contributed by atoms with E-state index < -0.39 is 0 Å². The Balaban J connectivity index is 0.000000140. The zero-order chi connectivity index (χ0) is 9.90. The van der Waals surface area contributed by atoms with Crippen molar-refractivity contribution in [2.24, 2.45) is 0 Å². The van der Waals surface area contributed by atoms with E-state index in [4.69, 9.17) is 8.39 Å². The van der Waals surface area contributed by atoms with Crippen molar-refractivity contribution in [1.82, 2.24) is 0 Å². The van der Waals surface area contributed by atoms with E-state index in [1.54, 1.807) is 24.7 Å². The third kappa shape index (κ3) is 6.85. The van der Waals surface area contributed by atoms with Gasteiger partial charge in [0, 0.05) is 0 Å². The van der Waals surface area contributed by atoms with Gasteiger partial charge in [0.25, 0.3) is 0 Å². The summed E-state index contributed by atoms with van der Waals surface area (Å²) in [6.45, 7) is 0. The molecule has 3 heteroatoms. The van der Waals surface area contributed by atoms with Crippen LogP contribution in [-0.4, -0.2) is 0 Å². The van der Waals surface area contributed by atoms with Crippen LogP contribution in [-0.2, 0) is 0 Å². The van der Waals surface area contributed by atoms with E-state index in [1.807, 2.05) is 0 Å². The summed E-state index contributed by atoms with van der Waals surface area (Å²) in [7, 11) is 0.121. The molecule has 0 unspecified atom stereocenters. The van der Waals surface area contributed by atoms with Crippen molar-refractivity contribution in [2.45, 2.75) is 44.9 Å². The van der Waals surface area contributed by atoms with Crippen LogP contribution in [0.4, 0.5) is 0 Å². The Hall–Kier alpha value is -0.620. The molecule has 0 radical (unpaired) electrons. The largest absolute Gasteiger partial charge is 0.430 e. The molecule has 0 bridgehead atoms. The number of hydrogen-bond acceptors (Lipinski definition) is 2. The van der Waals surface area contributed by atoms with Crippen LogP contribution in [0.25, 0.3) is 0 Å². The highest BCUT2D eigenvalue weighted by atomic mass is 31.1. The monoisotopic (exact) mass is 214 g/mol. The van der Waals surface area contributed by atoms with E-state index in [-0.39, 0.29) is 8.67 Å². The fourth-order valence-electron chi connectivity index (χ4n) is 1.49. The molecule has 0 atom stereocenters. The third-order valence-corrected chi connectivity index (χ3v) is 2.72. The van der Waals surface area contributed by atoms with Crippen molar-refractivity contribution in [2.75, 3.05) is 0 Å². The Labute approximate surface area is 87.3 Å². The highest BCUT2D eigenvalue weighted by Gasteiger charge is 1.95. The lowest BCUT2D eigenvalue weighted by Crippen LogP contribution is -1.66. The van der Waals surface area contributed by atoms with E-state index in [1.165, 1.54) is 44.9 Å². The van der Waals surface area contributed by atoms with Gasteiger partial charge in [0.1, 0.15) is 0 Å². The molecule has 80 valence electrons. The van der Waals surface area contributed by atoms with E-state index >= 15 is 0 Å². The van der Waals surface area contributed by atoms with Crippen molar-refractivity contribution in [3.8, 4) is 0 Å². The summed E-state index contributed by atoms with van der Waals surface area (Å²) in [4.78, 5) is 0. The van der Waals surface area contributed by atoms with Crippen molar-refractivity contribution in [1.29, 1.82) is 0 Å². The smallest absolute Gasteiger partial charge is 0.200 e. The van der Waals surface area contributed by atoms with Crippen LogP contribution in [0.2, 0.25) is 0 Å². The average Bonchev–Trinajstić information content (AvgIpc) is 2.68. The number of hydrogen-bond donors (Lipinski definition) is 0. The van der Waals surface area contributed by atoms with Gasteiger partial charge in [0.05, 0.1) is 12.5 Å². The van der Waals surface area contributed by atoms with Gasteiger partial charge in [-0.15, -0.1) is 0 Å². The molecule has 2 rings (SSSR count). The summed E-state index contributed by atoms with van der Waals surface area (Å²) in [6.07, 6.45) is 13.7. The quantitative estimate of drug-likeness (QED) is 0.582. The van der Waals surface area contributed by atoms with Crippen molar-refractivity contribution in [3.05, 3.63) is 24.7 Å². The Morgan fingerprint density at radius 2 is 1.00 bits per heavy atom. The average molecular weight is 214 g/mol. The van der Waals surface area contributed by atoms with Gasteiger partial charge in [0.15, 0.2) is 8.67 Å². The first-order valence-corrected chi connectivity index (χ1v) is 6.20. The first-order chi connectivity index (χ1) is 7.00. The lowest BCUT2D eigenvalue weighted by Gasteiger charge is -1.85. The fraction of sp³-hybridized carbons (Fsp3) is 0.636. The SMILES string of the molecule is C1CCCCCC1.c1cco[pH]oc1. The Bertz CT molecular complexity index is 164. The van der Waals surface area contributed by atoms with E-state index in [0.29, 0.717) is 0 Å². The molecule has 0 amide bonds. The molecule has 0 aromatic carbocycles. The summed E-state index contributed by atoms with van der Waals surface area (Å²) in [5.41, 5.74) is 0. The Kier molecular flexibility index (Phi) is 7.33. The minimum atomic E-state index is 0.121. The summed E-state index contributed by atoms with van der Waals surface area (Å²) >= 11 is 0. The zero-order valence-electron chi connectivity index (χ0n) is 8.58. The molecule has 1 aliphatic carbocycles. The molecular formula is C11H19O2P. The van der Waals surface area contributed by atoms with E-state index in [9.17, 15) is 0 Å². The van der Waals surface area contributed by atoms with Crippen LogP contribution >= 0.6 is 8.67 Å². The standard InChI is InChI=1S/C7H14.C4H5O2P/c2*1-2-4-6-7-5-3-1/h1-7H2;1-4,7H. The molecule has 1 fully saturated rings. The molecule has 0 spiro atoms. The fourth-order valence-corrected chi connectivity index (χ4v) is 1.81. The predicted molar refractivity (Wildman–Crippen MR) is 60.4 cm³/mol. The molecule has 0 N–H and O–H groups in total. The van der Waals surface area contributed by atoms with Gasteiger partial charge in [-0.2, -0.15) is 0 Å². The van der Waals surface area contributed by atoms with Gasteiger partial charge in [-0.3, -0.25) is 0 Å². The Morgan fingerprint density at radius 3 is 1.36 bits per heavy atom. The van der Waals surface area contributed by atoms with Crippen LogP contribution in [0.5, 0.6) is 0 Å². The van der Waals surface area contributed by atoms with Gasteiger partial charge in [-0.1, -0.05) is 44.9 Å². The molecule has 0 saturated heterocycles. The van der Waals surface area contributed by atoms with E-state index in [2.05, 4.69) is 0 Å². The van der Waals surface area contributed by atoms with Gasteiger partial charge in [-0.25, -0.2) is 0 Å². The third-order valence-electron chi connectivity index (χ3n) is 2.25. The lowest BCUT2D eigenvalue weighted by atomic mass is 10.2. The summed E-state index contributed by atoms with van der Waals surface area (Å²) in [5, 5.41) is 0. The Morgan fingerprint density at radius 1 is 0.643 bits per heavy atom. The van der Waals surface area contributed by atoms with Crippen molar-refractivity contribution >= 4 is 8.67 Å². The predicted octanol–water partition coefficient (Wildman–Crippen LogP) is 4.76. The maximum absolute atomic E-state index is 4.76. The summed E-state index contributed by atoms with van der Waals surface area (Å²) < 4.78 is 9.51. The molecule has 1 saturated carbocycles. The lowest BCUT2D eigenvalue weighted by molar-refractivity contribution is 0.609. The molecule has 2 nitrogen and oxygen atoms in total. The van der Waals surface area contributed by atoms with Gasteiger partial charge in [0.2, 0.25) is 0 Å². The molecule has 1 heterocycles. The molecule has 1 aromatic heterocycles. The van der Waals surface area contributed by atoms with Gasteiger partial charge >= 0.3 is 0 Å². The van der Waals surface area contributed by atoms with Crippen molar-refractivity contribution in [3.63, 3.8) is 0 Å². The molecule has 1 aromatic rings. The first-order valence-electron chi connectivity index (χ1n) is 5.38. The van der Waals surface area contributed by atoms with Crippen LogP contribution in [0, 0.1) is 0 Å². The molecular weight excluding hydrogens is 195 g/mol. The highest BCUT2D eigenvalue weighted by Crippen LogP contribution is 2.15. The summed E-state index contributed by atoms with van der Waals surface area (Å²) in [5.74, 6) is 0. The minimum absolute atomic E-state index is 0.121. The maximum Gasteiger partial charge on any atom is 0.200 e. The maximum atomic E-state index is 4.76. The van der Waals surface area contributed by atoms with Gasteiger partial charge < -0.3 is 8.39 Å². The zero-order valence-corrected chi connectivity index (χ0v) is 9.58. The van der Waals surface area contributed by atoms with E-state index in [0.717, 1.165) is 0 Å². The van der Waals surface area contributed by atoms with Crippen LogP contribution in [0.15, 0.2) is 33.1 Å². The van der Waals surface area contributed by atoms with Gasteiger partial charge in [-0.05, 0) is 12.1 Å². The topological polar surface area (TPSA) is 26.3 Å². The minimum Gasteiger partial charge on any atom is -0.430 e. The van der Waals surface area contributed by atoms with Crippen LogP contribution in [0.1, 0.15) is 44.9 Å². The highest BCUT2D eigenvalue weighted by molar-refractivity contribution is 7.15. The summed E-state index contributed by atoms with van der Waals surface area (Å²) in [6, 6.07) is 3.56. The van der Waals surface area contributed by atoms with Crippen LogP contribution in [0.3, 0.4) is 0 Å². The van der Waals surface area contributed by atoms with Crippen molar-refractivity contribution < 1.29 is 8.39 Å². The first kappa shape index (κ1) is 11.5. The molecule has 14 heavy (non-hydrogen) atoms. The van der Waals surface area contributed by atoms with Crippen LogP contribution < -0.4 is 0 Å². The molecule has 0 aliphatic heterocycles. The second-order valence-corrected chi connectivity index (χ2v) is 4.09. The second kappa shape index (κ2) is 8.96. The molecule has 1 aliphatic rings. The number of rotatable bonds is 0. The normalized spacial score (nSPS) is 16.0. The second-order valence-electron chi connectivity index (χ2n) is 3.45.